The van der Waals surface area contributed by atoms with Crippen LogP contribution in [-0.4, -0.2) is 65.6 Å². The smallest absolute Gasteiger partial charge is 0.261 e. The zero-order valence-electron chi connectivity index (χ0n) is 40.1. The van der Waals surface area contributed by atoms with Gasteiger partial charge < -0.3 is 42.0 Å². The minimum Gasteiger partial charge on any atom is -0.496 e. The van der Waals surface area contributed by atoms with Gasteiger partial charge in [-0.2, -0.15) is 0 Å². The van der Waals surface area contributed by atoms with Gasteiger partial charge >= 0.3 is 0 Å². The summed E-state index contributed by atoms with van der Waals surface area (Å²) in [7, 11) is 2.86. The van der Waals surface area contributed by atoms with Crippen molar-refractivity contribution in [2.24, 2.45) is 0 Å². The van der Waals surface area contributed by atoms with Crippen LogP contribution in [0.4, 0.5) is 0 Å². The van der Waals surface area contributed by atoms with E-state index in [1.807, 2.05) is 60.7 Å². The molecule has 1 aliphatic rings. The molecule has 11 heteroatoms. The van der Waals surface area contributed by atoms with E-state index in [2.05, 4.69) is 121 Å². The van der Waals surface area contributed by atoms with Crippen molar-refractivity contribution in [1.29, 1.82) is 0 Å². The Morgan fingerprint density at radius 1 is 0.609 bits per heavy atom. The molecule has 6 rings (SSSR count). The molecule has 342 valence electrons. The highest BCUT2D eigenvalue weighted by Gasteiger charge is 2.70. The summed E-state index contributed by atoms with van der Waals surface area (Å²) in [5, 5.41) is 1.97. The van der Waals surface area contributed by atoms with Gasteiger partial charge in [-0.1, -0.05) is 151 Å². The SMILES string of the molecule is COCOc1cc(CO[Si](c2ccccc2)(c2ccccc2)C(C)(C)C)c(/C(=C\CO[Si](C)(C)C(C)(C)C)C2(OC)c3cccc(OC)c3C2(OC)OC)c(OCc2ccccc2)c1. The number of ether oxygens (including phenoxy) is 7. The van der Waals surface area contributed by atoms with Gasteiger partial charge in [0, 0.05) is 51.2 Å². The standard InChI is InChI=1S/C53H68O9Si2/c1-50(2,3)63(12,13)61-33-32-44(52(56-9)45-30-23-31-46(55-8)49(45)53(52,57-10)58-11)48-40(34-41(60-38-54-7)35-47(48)59-36-39-24-17-14-18-25-39)37-62-64(51(4,5)6,42-26-19-15-20-27-42)43-28-21-16-22-29-43/h14-32,34-35H,33,36-38H2,1-13H3/b44-32+. The van der Waals surface area contributed by atoms with Crippen LogP contribution in [-0.2, 0) is 52.4 Å². The molecule has 5 aromatic carbocycles. The van der Waals surface area contributed by atoms with Gasteiger partial charge in [0.15, 0.2) is 20.7 Å². The van der Waals surface area contributed by atoms with Crippen LogP contribution in [0.15, 0.2) is 127 Å². The Bertz CT molecular complexity index is 2290. The summed E-state index contributed by atoms with van der Waals surface area (Å²) in [5.74, 6) is 0.249. The fraction of sp³-hybridized carbons (Fsp3) is 0.396. The van der Waals surface area contributed by atoms with E-state index < -0.39 is 28.0 Å². The lowest BCUT2D eigenvalue weighted by Gasteiger charge is -2.58. The van der Waals surface area contributed by atoms with Crippen molar-refractivity contribution >= 4 is 32.6 Å². The average Bonchev–Trinajstić information content (AvgIpc) is 3.28. The first-order chi connectivity index (χ1) is 30.5. The summed E-state index contributed by atoms with van der Waals surface area (Å²) in [6, 6.07) is 41.3. The summed E-state index contributed by atoms with van der Waals surface area (Å²) in [5.41, 5.74) is 3.45. The van der Waals surface area contributed by atoms with Crippen LogP contribution in [0, 0.1) is 0 Å². The number of benzene rings is 5. The van der Waals surface area contributed by atoms with E-state index >= 15 is 0 Å². The lowest BCUT2D eigenvalue weighted by Crippen LogP contribution is -2.66. The molecule has 9 nitrogen and oxygen atoms in total. The second-order valence-electron chi connectivity index (χ2n) is 18.7. The molecule has 0 heterocycles. The predicted octanol–water partition coefficient (Wildman–Crippen LogP) is 10.7. The zero-order valence-corrected chi connectivity index (χ0v) is 42.1. The molecule has 0 aliphatic heterocycles. The summed E-state index contributed by atoms with van der Waals surface area (Å²) >= 11 is 0. The van der Waals surface area contributed by atoms with Crippen LogP contribution in [0.5, 0.6) is 17.2 Å². The van der Waals surface area contributed by atoms with Crippen molar-refractivity contribution in [2.75, 3.05) is 48.9 Å². The maximum Gasteiger partial charge on any atom is 0.261 e. The number of hydrogen-bond donors (Lipinski definition) is 0. The van der Waals surface area contributed by atoms with Gasteiger partial charge in [0.2, 0.25) is 5.79 Å². The maximum absolute atomic E-state index is 7.75. The highest BCUT2D eigenvalue weighted by atomic mass is 28.4. The summed E-state index contributed by atoms with van der Waals surface area (Å²) in [4.78, 5) is 0. The van der Waals surface area contributed by atoms with Crippen molar-refractivity contribution in [1.82, 2.24) is 0 Å². The molecule has 0 fully saturated rings. The third-order valence-electron chi connectivity index (χ3n) is 13.1. The second kappa shape index (κ2) is 19.9. The summed E-state index contributed by atoms with van der Waals surface area (Å²) < 4.78 is 59.5. The Morgan fingerprint density at radius 3 is 1.72 bits per heavy atom. The molecule has 5 aromatic rings. The number of hydrogen-bond acceptors (Lipinski definition) is 9. The molecule has 0 radical (unpaired) electrons. The van der Waals surface area contributed by atoms with E-state index in [0.717, 1.165) is 43.8 Å². The fourth-order valence-corrected chi connectivity index (χ4v) is 14.4. The molecule has 0 amide bonds. The second-order valence-corrected chi connectivity index (χ2v) is 27.8. The molecule has 0 N–H and O–H groups in total. The van der Waals surface area contributed by atoms with Gasteiger partial charge in [0.1, 0.15) is 23.9 Å². The minimum atomic E-state index is -3.10. The lowest BCUT2D eigenvalue weighted by atomic mass is 9.61. The molecule has 1 aliphatic carbocycles. The number of methoxy groups -OCH3 is 5. The number of rotatable bonds is 20. The third-order valence-corrected chi connectivity index (χ3v) is 22.6. The van der Waals surface area contributed by atoms with Crippen molar-refractivity contribution in [2.45, 2.75) is 89.3 Å². The summed E-state index contributed by atoms with van der Waals surface area (Å²) in [6.45, 7) is 18.8. The number of fused-ring (bicyclic) bond motifs is 1. The van der Waals surface area contributed by atoms with Crippen molar-refractivity contribution in [3.63, 3.8) is 0 Å². The Kier molecular flexibility index (Phi) is 15.2. The quantitative estimate of drug-likeness (QED) is 0.0560. The highest BCUT2D eigenvalue weighted by Crippen LogP contribution is 2.66. The van der Waals surface area contributed by atoms with E-state index in [-0.39, 0.29) is 36.7 Å². The first kappa shape index (κ1) is 48.9. The van der Waals surface area contributed by atoms with E-state index in [1.54, 1.807) is 35.5 Å². The molecule has 0 saturated heterocycles. The van der Waals surface area contributed by atoms with Crippen molar-refractivity contribution in [3.05, 3.63) is 155 Å². The Balaban J connectivity index is 1.70. The lowest BCUT2D eigenvalue weighted by molar-refractivity contribution is -0.327. The van der Waals surface area contributed by atoms with Gasteiger partial charge in [0.25, 0.3) is 8.32 Å². The Morgan fingerprint density at radius 2 is 1.20 bits per heavy atom. The van der Waals surface area contributed by atoms with Crippen molar-refractivity contribution < 1.29 is 42.0 Å². The van der Waals surface area contributed by atoms with Crippen LogP contribution < -0.4 is 24.6 Å². The fourth-order valence-electron chi connectivity index (χ4n) is 8.92. The first-order valence-corrected chi connectivity index (χ1v) is 26.7. The molecular weight excluding hydrogens is 837 g/mol. The molecule has 1 atom stereocenters. The Labute approximate surface area is 383 Å². The zero-order chi connectivity index (χ0) is 46.4. The molecule has 64 heavy (non-hydrogen) atoms. The van der Waals surface area contributed by atoms with Gasteiger partial charge in [-0.15, -0.1) is 0 Å². The van der Waals surface area contributed by atoms with Crippen LogP contribution >= 0.6 is 0 Å². The van der Waals surface area contributed by atoms with Crippen LogP contribution in [0.1, 0.15) is 69.4 Å². The summed E-state index contributed by atoms with van der Waals surface area (Å²) in [6.07, 6.45) is 2.12. The van der Waals surface area contributed by atoms with E-state index in [4.69, 9.17) is 42.0 Å². The van der Waals surface area contributed by atoms with E-state index in [9.17, 15) is 0 Å². The largest absolute Gasteiger partial charge is 0.496 e. The first-order valence-electron chi connectivity index (χ1n) is 21.9. The predicted molar refractivity (Wildman–Crippen MR) is 261 cm³/mol. The van der Waals surface area contributed by atoms with Gasteiger partial charge in [-0.3, -0.25) is 0 Å². The van der Waals surface area contributed by atoms with Gasteiger partial charge in [-0.25, -0.2) is 0 Å². The minimum absolute atomic E-state index is 0.0289. The maximum atomic E-state index is 7.75. The molecule has 0 aromatic heterocycles. The highest BCUT2D eigenvalue weighted by molar-refractivity contribution is 6.99. The monoisotopic (exact) mass is 904 g/mol. The van der Waals surface area contributed by atoms with Crippen LogP contribution in [0.2, 0.25) is 23.2 Å². The van der Waals surface area contributed by atoms with Crippen LogP contribution in [0.3, 0.4) is 0 Å². The van der Waals surface area contributed by atoms with E-state index in [1.165, 1.54) is 0 Å². The molecular formula is C53H68O9Si2. The molecule has 0 saturated carbocycles. The molecule has 1 unspecified atom stereocenters. The molecule has 0 spiro atoms. The normalized spacial score (nSPS) is 16.5. The van der Waals surface area contributed by atoms with E-state index in [0.29, 0.717) is 17.2 Å². The Hall–Kier alpha value is -4.57. The average molecular weight is 905 g/mol. The van der Waals surface area contributed by atoms with Gasteiger partial charge in [-0.05, 0) is 56.8 Å². The van der Waals surface area contributed by atoms with Crippen molar-refractivity contribution in [3.8, 4) is 17.2 Å². The third kappa shape index (κ3) is 8.89. The molecule has 0 bridgehead atoms. The van der Waals surface area contributed by atoms with Crippen LogP contribution in [0.25, 0.3) is 5.57 Å². The topological polar surface area (TPSA) is 83.1 Å². The van der Waals surface area contributed by atoms with Gasteiger partial charge in [0.05, 0.1) is 25.9 Å².